The monoisotopic (exact) mass is 537 g/mol. The van der Waals surface area contributed by atoms with Gasteiger partial charge in [-0.3, -0.25) is 14.2 Å². The van der Waals surface area contributed by atoms with E-state index in [1.165, 1.54) is 13.1 Å². The average molecular weight is 536 g/mol. The van der Waals surface area contributed by atoms with Crippen molar-refractivity contribution in [3.05, 3.63) is 46.0 Å². The number of nitrogens with zero attached hydrogens (tertiary/aromatic N) is 5. The number of piperazine rings is 1. The normalized spacial score (nSPS) is 21.6. The largest absolute Gasteiger partial charge is 0.370 e. The van der Waals surface area contributed by atoms with E-state index in [1.807, 2.05) is 0 Å². The number of nitrogens with one attached hydrogen (secondary N) is 2. The highest BCUT2D eigenvalue weighted by Crippen LogP contribution is 2.62. The fourth-order valence-electron chi connectivity index (χ4n) is 5.90. The number of Topliss-reactive ketones (excluding diaryl/α,β-unsaturated/α-hetero) is 1. The van der Waals surface area contributed by atoms with Gasteiger partial charge < -0.3 is 15.5 Å². The van der Waals surface area contributed by atoms with E-state index in [4.69, 9.17) is 70.6 Å². The van der Waals surface area contributed by atoms with Gasteiger partial charge in [0.1, 0.15) is 19.3 Å². The lowest BCUT2D eigenvalue weighted by atomic mass is 9.31. The van der Waals surface area contributed by atoms with E-state index in [-0.39, 0.29) is 43.1 Å². The number of anilines is 3. The first-order chi connectivity index (χ1) is 19.3. The van der Waals surface area contributed by atoms with Crippen LogP contribution >= 0.6 is 0 Å². The number of pyridine rings is 2. The van der Waals surface area contributed by atoms with Crippen molar-refractivity contribution >= 4 is 105 Å². The van der Waals surface area contributed by atoms with Crippen LogP contribution in [0.25, 0.3) is 11.0 Å². The fraction of sp³-hybridized carbons (Fsp3) is 0.458. The lowest BCUT2D eigenvalue weighted by molar-refractivity contribution is 0.101. The Morgan fingerprint density at radius 1 is 0.929 bits per heavy atom. The van der Waals surface area contributed by atoms with Gasteiger partial charge in [0, 0.05) is 24.7 Å². The highest BCUT2D eigenvalue weighted by molar-refractivity contribution is 6.52. The molecule has 0 amide bonds. The van der Waals surface area contributed by atoms with Crippen molar-refractivity contribution in [3.63, 3.8) is 0 Å². The molecular formula is C24H20B9N7O2. The first-order valence-electron chi connectivity index (χ1n) is 13.1. The lowest BCUT2D eigenvalue weighted by Gasteiger charge is -2.51. The number of aryl methyl sites for hydroxylation is 1. The summed E-state index contributed by atoms with van der Waals surface area (Å²) >= 11 is 0. The molecule has 0 spiro atoms. The second-order valence-electron chi connectivity index (χ2n) is 11.6. The maximum Gasteiger partial charge on any atom is 0.263 e. The molecule has 1 saturated heterocycles. The summed E-state index contributed by atoms with van der Waals surface area (Å²) < 4.78 is 1.03. The van der Waals surface area contributed by atoms with Crippen LogP contribution < -0.4 is 21.1 Å². The van der Waals surface area contributed by atoms with Gasteiger partial charge in [-0.15, -0.1) is 0 Å². The summed E-state index contributed by atoms with van der Waals surface area (Å²) in [4.78, 5) is 41.6. The zero-order valence-electron chi connectivity index (χ0n) is 23.4. The highest BCUT2D eigenvalue weighted by Gasteiger charge is 2.56. The van der Waals surface area contributed by atoms with Crippen molar-refractivity contribution in [1.29, 1.82) is 0 Å². The number of aromatic nitrogens is 4. The number of ketones is 1. The Morgan fingerprint density at radius 3 is 2.05 bits per heavy atom. The van der Waals surface area contributed by atoms with Gasteiger partial charge in [-0.1, -0.05) is 23.3 Å². The molecule has 9 nitrogen and oxygen atoms in total. The molecule has 18 radical (unpaired) electrons. The number of fused-ring (bicyclic) bond motifs is 1. The predicted molar refractivity (Wildman–Crippen MR) is 171 cm³/mol. The Bertz CT molecular complexity index is 1610. The molecule has 2 aliphatic rings. The first kappa shape index (κ1) is 30.7. The van der Waals surface area contributed by atoms with Gasteiger partial charge in [0.2, 0.25) is 5.95 Å². The maximum atomic E-state index is 13.9. The molecule has 2 fully saturated rings. The molecule has 18 heteroatoms. The van der Waals surface area contributed by atoms with Crippen LogP contribution in [0.2, 0.25) is 10.4 Å². The van der Waals surface area contributed by atoms with Crippen molar-refractivity contribution in [3.8, 4) is 0 Å². The lowest BCUT2D eigenvalue weighted by Crippen LogP contribution is -2.73. The van der Waals surface area contributed by atoms with Gasteiger partial charge >= 0.3 is 0 Å². The Labute approximate surface area is 256 Å². The summed E-state index contributed by atoms with van der Waals surface area (Å²) in [5.74, 6) is -0.0760. The quantitative estimate of drug-likeness (QED) is 0.296. The Kier molecular flexibility index (Phi) is 7.23. The van der Waals surface area contributed by atoms with E-state index in [0.717, 1.165) is 4.57 Å². The van der Waals surface area contributed by atoms with Crippen LogP contribution in [0.5, 0.6) is 0 Å². The van der Waals surface area contributed by atoms with Crippen molar-refractivity contribution in [2.45, 2.75) is 53.2 Å². The number of hydrogen-bond donors (Lipinski definition) is 2. The second kappa shape index (κ2) is 9.89. The van der Waals surface area contributed by atoms with Crippen LogP contribution in [-0.4, -0.2) is 120 Å². The Balaban J connectivity index is 1.58. The van der Waals surface area contributed by atoms with Crippen LogP contribution in [0.15, 0.2) is 29.3 Å². The second-order valence-corrected chi connectivity index (χ2v) is 11.6. The Morgan fingerprint density at radius 2 is 1.52 bits per heavy atom. The Hall–Kier alpha value is -2.75. The molecule has 42 heavy (non-hydrogen) atoms. The zero-order chi connectivity index (χ0) is 31.0. The minimum Gasteiger partial charge on any atom is -0.370 e. The average Bonchev–Trinajstić information content (AvgIpc) is 3.01. The minimum absolute atomic E-state index is 0.0341. The number of carbonyl (C=O) groups excluding carboxylic acids is 1. The van der Waals surface area contributed by atoms with Gasteiger partial charge in [0.25, 0.3) is 5.56 Å². The van der Waals surface area contributed by atoms with Crippen LogP contribution in [-0.2, 0) is 5.44 Å². The minimum atomic E-state index is -2.02. The smallest absolute Gasteiger partial charge is 0.263 e. The number of hydrogen-bond acceptors (Lipinski definition) is 8. The van der Waals surface area contributed by atoms with Crippen LogP contribution in [0.3, 0.4) is 0 Å². The van der Waals surface area contributed by atoms with Crippen LogP contribution in [0.1, 0.15) is 35.7 Å². The van der Waals surface area contributed by atoms with E-state index >= 15 is 0 Å². The molecule has 190 valence electrons. The van der Waals surface area contributed by atoms with Crippen LogP contribution in [0, 0.1) is 6.92 Å². The van der Waals surface area contributed by atoms with Crippen molar-refractivity contribution < 1.29 is 4.79 Å². The molecule has 0 bridgehead atoms. The summed E-state index contributed by atoms with van der Waals surface area (Å²) in [6, 6.07) is 3.43. The highest BCUT2D eigenvalue weighted by atomic mass is 16.1. The number of carbonyl (C=O) groups is 1. The van der Waals surface area contributed by atoms with Gasteiger partial charge in [0.05, 0.1) is 80.2 Å². The van der Waals surface area contributed by atoms with Crippen molar-refractivity contribution in [2.24, 2.45) is 0 Å². The molecule has 0 unspecified atom stereocenters. The zero-order valence-corrected chi connectivity index (χ0v) is 23.4. The topological polar surface area (TPSA) is 105 Å². The summed E-state index contributed by atoms with van der Waals surface area (Å²) in [7, 11) is 56.5. The summed E-state index contributed by atoms with van der Waals surface area (Å²) in [6.45, 7) is 3.32. The molecule has 0 atom stereocenters. The molecular weight excluding hydrogens is 516 g/mol. The fourth-order valence-corrected chi connectivity index (χ4v) is 5.90. The molecule has 3 aromatic rings. The van der Waals surface area contributed by atoms with Crippen molar-refractivity contribution in [2.75, 3.05) is 23.3 Å². The SMILES string of the molecule is [B]C1([B])CN(c2ccc(Nc3ncc4c(C)c(C(C)=O)c(=O)n(C5([B])C([B])([B])CCC5([B])[B])c4n3)nc2)CC([B])([B])N1. The summed E-state index contributed by atoms with van der Waals surface area (Å²) in [5.41, 5.74) is -1.86. The number of rotatable bonds is 5. The van der Waals surface area contributed by atoms with Gasteiger partial charge in [0.15, 0.2) is 5.78 Å². The molecule has 5 rings (SSSR count). The third-order valence-electron chi connectivity index (χ3n) is 7.98. The predicted octanol–water partition coefficient (Wildman–Crippen LogP) is -1.65. The first-order valence-corrected chi connectivity index (χ1v) is 13.1. The van der Waals surface area contributed by atoms with Gasteiger partial charge in [-0.2, -0.15) is 4.98 Å². The van der Waals surface area contributed by atoms with Gasteiger partial charge in [-0.05, 0) is 47.7 Å². The molecule has 2 N–H and O–H groups in total. The van der Waals surface area contributed by atoms with E-state index in [0.29, 0.717) is 22.5 Å². The summed E-state index contributed by atoms with van der Waals surface area (Å²) in [5, 5.41) is 0.0677. The third-order valence-corrected chi connectivity index (χ3v) is 7.98. The maximum absolute atomic E-state index is 13.9. The molecule has 3 aromatic heterocycles. The van der Waals surface area contributed by atoms with E-state index < -0.39 is 37.9 Å². The molecule has 0 aromatic carbocycles. The molecule has 1 aliphatic carbocycles. The van der Waals surface area contributed by atoms with Crippen molar-refractivity contribution in [1.82, 2.24) is 24.8 Å². The summed E-state index contributed by atoms with van der Waals surface area (Å²) in [6.07, 6.45) is 3.24. The molecule has 1 saturated carbocycles. The van der Waals surface area contributed by atoms with E-state index in [2.05, 4.69) is 25.6 Å². The molecule has 4 heterocycles. The molecule has 1 aliphatic heterocycles. The standard InChI is InChI=1S/C24H20B9N7O2/c1-11-14-8-35-19(36-15-4-3-13(7-34-15)39-9-22(29,30)38-23(31,32)10-39)37-17(14)40(18(42)16(11)12(2)41)24(33)20(25,26)5-6-21(24,27)28/h3-4,7-8,38H,5-6,9-10H2,1-2H3,(H,34,35,36,37). The van der Waals surface area contributed by atoms with Crippen LogP contribution in [0.4, 0.5) is 17.5 Å². The van der Waals surface area contributed by atoms with Gasteiger partial charge in [-0.25, -0.2) is 9.97 Å². The van der Waals surface area contributed by atoms with E-state index in [9.17, 15) is 9.59 Å². The van der Waals surface area contributed by atoms with E-state index in [1.54, 1.807) is 30.2 Å². The third kappa shape index (κ3) is 4.97.